The minimum absolute atomic E-state index is 0.0457. The molecule has 1 heterocycles. The molecule has 39 heavy (non-hydrogen) atoms. The fourth-order valence-corrected chi connectivity index (χ4v) is 4.77. The van der Waals surface area contributed by atoms with Crippen LogP contribution in [-0.4, -0.2) is 50.0 Å². The van der Waals surface area contributed by atoms with Crippen molar-refractivity contribution in [3.8, 4) is 11.8 Å². The maximum absolute atomic E-state index is 12.3. The Labute approximate surface area is 230 Å². The monoisotopic (exact) mass is 550 g/mol. The van der Waals surface area contributed by atoms with Crippen molar-refractivity contribution in [2.75, 3.05) is 18.8 Å². The quantitative estimate of drug-likeness (QED) is 0.402. The van der Waals surface area contributed by atoms with E-state index in [4.69, 9.17) is 9.47 Å². The first-order valence-electron chi connectivity index (χ1n) is 13.2. The highest BCUT2D eigenvalue weighted by molar-refractivity contribution is 7.89. The number of fused-ring (bicyclic) bond motifs is 1. The largest absolute Gasteiger partial charge is 0.490 e. The van der Waals surface area contributed by atoms with Crippen LogP contribution in [0.4, 0.5) is 10.5 Å². The molecule has 0 aliphatic carbocycles. The van der Waals surface area contributed by atoms with Crippen molar-refractivity contribution in [2.45, 2.75) is 58.8 Å². The number of amides is 1. The fraction of sp³-hybridized carbons (Fsp3) is 0.400. The van der Waals surface area contributed by atoms with Gasteiger partial charge in [-0.1, -0.05) is 18.2 Å². The molecule has 8 nitrogen and oxygen atoms in total. The molecule has 4 rings (SSSR count). The molecule has 0 aromatic heterocycles. The number of nitrogens with zero attached hydrogens (tertiary/aromatic N) is 2. The van der Waals surface area contributed by atoms with Gasteiger partial charge in [0.1, 0.15) is 23.0 Å². The molecule has 1 aliphatic heterocycles. The molecule has 1 saturated heterocycles. The van der Waals surface area contributed by atoms with E-state index in [0.29, 0.717) is 13.1 Å². The number of piperidine rings is 1. The van der Waals surface area contributed by atoms with E-state index in [1.807, 2.05) is 81.4 Å². The maximum atomic E-state index is 12.3. The van der Waals surface area contributed by atoms with Crippen LogP contribution in [0.25, 0.3) is 15.6 Å². The summed E-state index contributed by atoms with van der Waals surface area (Å²) in [4.78, 5) is 18.5. The summed E-state index contributed by atoms with van der Waals surface area (Å²) in [5.41, 5.74) is 1.97. The predicted octanol–water partition coefficient (Wildman–Crippen LogP) is 6.07. The number of rotatable bonds is 6. The zero-order valence-corrected chi connectivity index (χ0v) is 23.8. The smallest absolute Gasteiger partial charge is 0.410 e. The van der Waals surface area contributed by atoms with E-state index >= 15 is 0 Å². The molecule has 0 unspecified atom stereocenters. The van der Waals surface area contributed by atoms with Crippen molar-refractivity contribution in [1.29, 1.82) is 0 Å². The molecular formula is C30H36N3O5S+. The van der Waals surface area contributed by atoms with Crippen LogP contribution < -0.4 is 9.46 Å². The highest BCUT2D eigenvalue weighted by atomic mass is 32.2. The lowest BCUT2D eigenvalue weighted by Crippen LogP contribution is -2.44. The lowest BCUT2D eigenvalue weighted by molar-refractivity contribution is 0.0126. The van der Waals surface area contributed by atoms with Crippen LogP contribution in [-0.2, 0) is 21.3 Å². The minimum atomic E-state index is -3.25. The van der Waals surface area contributed by atoms with Gasteiger partial charge in [0.15, 0.2) is 0 Å². The average Bonchev–Trinajstić information content (AvgIpc) is 2.91. The lowest BCUT2D eigenvalue weighted by Gasteiger charge is -2.33. The number of hydrogen-bond donors (Lipinski definition) is 1. The molecular weight excluding hydrogens is 514 g/mol. The summed E-state index contributed by atoms with van der Waals surface area (Å²) >= 11 is 0. The van der Waals surface area contributed by atoms with Gasteiger partial charge in [0.2, 0.25) is 10.0 Å². The molecule has 206 valence electrons. The summed E-state index contributed by atoms with van der Waals surface area (Å²) in [7, 11) is -3.25. The third kappa shape index (κ3) is 8.44. The Morgan fingerprint density at radius 1 is 1.03 bits per heavy atom. The molecule has 1 amide bonds. The van der Waals surface area contributed by atoms with Crippen LogP contribution in [0, 0.1) is 6.07 Å². The van der Waals surface area contributed by atoms with Crippen molar-refractivity contribution < 1.29 is 22.7 Å². The molecule has 0 bridgehead atoms. The Hall–Kier alpha value is -3.61. The van der Waals surface area contributed by atoms with Crippen LogP contribution in [0.3, 0.4) is 0 Å². The van der Waals surface area contributed by atoms with Gasteiger partial charge in [-0.05, 0) is 79.2 Å². The van der Waals surface area contributed by atoms with Crippen molar-refractivity contribution in [3.05, 3.63) is 76.6 Å². The lowest BCUT2D eigenvalue weighted by atomic mass is 10.0. The van der Waals surface area contributed by atoms with E-state index in [0.717, 1.165) is 46.2 Å². The molecule has 1 aliphatic rings. The third-order valence-corrected chi connectivity index (χ3v) is 7.67. The van der Waals surface area contributed by atoms with Gasteiger partial charge in [-0.2, -0.15) is 0 Å². The van der Waals surface area contributed by atoms with Crippen LogP contribution in [0.1, 0.15) is 51.7 Å². The van der Waals surface area contributed by atoms with Crippen LogP contribution >= 0.6 is 0 Å². The Kier molecular flexibility index (Phi) is 8.78. The zero-order chi connectivity index (χ0) is 28.0. The second-order valence-corrected chi connectivity index (χ2v) is 12.7. The van der Waals surface area contributed by atoms with Gasteiger partial charge < -0.3 is 14.4 Å². The predicted molar refractivity (Wildman–Crippen MR) is 154 cm³/mol. The first-order valence-corrected chi connectivity index (χ1v) is 14.9. The van der Waals surface area contributed by atoms with Crippen LogP contribution in [0.15, 0.2) is 60.7 Å². The Morgan fingerprint density at radius 3 is 2.38 bits per heavy atom. The van der Waals surface area contributed by atoms with E-state index in [9.17, 15) is 13.2 Å². The molecule has 1 N–H and O–H groups in total. The van der Waals surface area contributed by atoms with E-state index in [2.05, 4.69) is 15.6 Å². The van der Waals surface area contributed by atoms with E-state index < -0.39 is 15.6 Å². The summed E-state index contributed by atoms with van der Waals surface area (Å²) in [5, 5.41) is 2.05. The number of sulfonamides is 1. The Bertz CT molecular complexity index is 1480. The number of carbonyl (C=O) groups is 1. The van der Waals surface area contributed by atoms with Gasteiger partial charge >= 0.3 is 17.8 Å². The first-order chi connectivity index (χ1) is 18.5. The second kappa shape index (κ2) is 12.1. The topological polar surface area (TPSA) is 89.3 Å². The molecule has 0 saturated carbocycles. The highest BCUT2D eigenvalue weighted by Gasteiger charge is 2.27. The number of hydrogen-bond acceptors (Lipinski definition) is 5. The molecule has 1 fully saturated rings. The van der Waals surface area contributed by atoms with Gasteiger partial charge in [-0.15, -0.1) is 0 Å². The average molecular weight is 551 g/mol. The van der Waals surface area contributed by atoms with E-state index in [1.165, 1.54) is 0 Å². The van der Waals surface area contributed by atoms with Gasteiger partial charge in [0.05, 0.1) is 5.75 Å². The summed E-state index contributed by atoms with van der Waals surface area (Å²) in [6, 6.07) is 22.5. The fourth-order valence-electron chi connectivity index (χ4n) is 4.17. The van der Waals surface area contributed by atoms with Crippen molar-refractivity contribution >= 4 is 32.6 Å². The minimum Gasteiger partial charge on any atom is -0.490 e. The second-order valence-electron chi connectivity index (χ2n) is 10.6. The van der Waals surface area contributed by atoms with Crippen molar-refractivity contribution in [3.63, 3.8) is 0 Å². The van der Waals surface area contributed by atoms with Crippen LogP contribution in [0.5, 0.6) is 5.75 Å². The van der Waals surface area contributed by atoms with Crippen molar-refractivity contribution in [1.82, 2.24) is 9.62 Å². The van der Waals surface area contributed by atoms with Crippen LogP contribution in [0.2, 0.25) is 0 Å². The highest BCUT2D eigenvalue weighted by Crippen LogP contribution is 2.24. The number of benzene rings is 3. The number of carbonyl (C=O) groups excluding carboxylic acids is 1. The Balaban J connectivity index is 1.33. The Morgan fingerprint density at radius 2 is 1.72 bits per heavy atom. The van der Waals surface area contributed by atoms with Gasteiger partial charge in [-0.25, -0.2) is 17.9 Å². The number of likely N-dealkylation sites (tertiary alicyclic amines) is 1. The first kappa shape index (κ1) is 28.4. The third-order valence-electron chi connectivity index (χ3n) is 6.33. The molecule has 3 aromatic carbocycles. The van der Waals surface area contributed by atoms with Gasteiger partial charge in [0.25, 0.3) is 0 Å². The zero-order valence-electron chi connectivity index (χ0n) is 22.9. The molecule has 0 atom stereocenters. The van der Waals surface area contributed by atoms with E-state index in [1.54, 1.807) is 11.8 Å². The van der Waals surface area contributed by atoms with E-state index in [-0.39, 0.29) is 24.5 Å². The van der Waals surface area contributed by atoms with Gasteiger partial charge in [-0.3, -0.25) is 0 Å². The summed E-state index contributed by atoms with van der Waals surface area (Å²) in [5.74, 6) is 0.819. The van der Waals surface area contributed by atoms with Crippen molar-refractivity contribution in [2.24, 2.45) is 0 Å². The molecule has 9 heteroatoms. The summed E-state index contributed by atoms with van der Waals surface area (Å²) in [6.07, 6.45) is 1.28. The standard InChI is InChI=1S/C30H36N3O5S/c1-5-39(35,36)32-21-23-7-9-24-8-6-22(18-25(24)19-23)20-31-26-10-12-27(13-11-26)37-28-14-16-33(17-15-28)29(34)38-30(2,3)4/h6-13,18-19,28,32H,5,14-17,21H2,1-4H3/q+1. The summed E-state index contributed by atoms with van der Waals surface area (Å²) < 4.78 is 37.7. The number of nitrogens with one attached hydrogen (secondary N) is 1. The number of ether oxygens (including phenoxy) is 2. The summed E-state index contributed by atoms with van der Waals surface area (Å²) in [6.45, 7) is 8.70. The maximum Gasteiger partial charge on any atom is 0.410 e. The molecule has 3 aromatic rings. The molecule has 0 radical (unpaired) electrons. The SMILES string of the molecule is CCS(=O)(=O)NCc1ccc2ccc(C#[N+]c3ccc(OC4CCN(C(=O)OC(C)(C)C)CC4)cc3)cc2c1. The normalized spacial score (nSPS) is 14.5. The molecule has 0 spiro atoms. The van der Waals surface area contributed by atoms with Gasteiger partial charge in [0, 0.05) is 44.6 Å².